The topological polar surface area (TPSA) is 131 Å². The van der Waals surface area contributed by atoms with Gasteiger partial charge in [-0.15, -0.1) is 0 Å². The van der Waals surface area contributed by atoms with Gasteiger partial charge in [0.2, 0.25) is 5.91 Å². The van der Waals surface area contributed by atoms with E-state index in [9.17, 15) is 19.4 Å². The smallest absolute Gasteiger partial charge is 0.387 e. The molecule has 9 heteroatoms. The summed E-state index contributed by atoms with van der Waals surface area (Å²) in [7, 11) is -4.35. The molecular weight excluding hydrogens is 647 g/mol. The predicted molar refractivity (Wildman–Crippen MR) is 212 cm³/mol. The summed E-state index contributed by atoms with van der Waals surface area (Å²) >= 11 is 0. The first-order valence-corrected chi connectivity index (χ1v) is 21.4. The van der Waals surface area contributed by atoms with Crippen molar-refractivity contribution in [3.63, 3.8) is 0 Å². The lowest BCUT2D eigenvalue weighted by Crippen LogP contribution is -2.45. The van der Waals surface area contributed by atoms with Gasteiger partial charge in [-0.05, 0) is 77.0 Å². The van der Waals surface area contributed by atoms with Crippen LogP contribution in [0.15, 0.2) is 60.8 Å². The van der Waals surface area contributed by atoms with Crippen molar-refractivity contribution in [1.82, 2.24) is 5.32 Å². The van der Waals surface area contributed by atoms with E-state index in [0.29, 0.717) is 6.42 Å². The van der Waals surface area contributed by atoms with Crippen LogP contribution in [0.3, 0.4) is 0 Å². The number of phosphoric ester groups is 1. The second kappa shape index (κ2) is 37.0. The van der Waals surface area contributed by atoms with Gasteiger partial charge in [0.05, 0.1) is 25.4 Å². The number of unbranched alkanes of at least 4 members (excludes halogenated alkanes) is 16. The number of phosphoric acid groups is 1. The molecule has 0 aliphatic heterocycles. The number of aliphatic hydroxyl groups excluding tert-OH is 1. The standard InChI is InChI=1S/C41H75N2O6P/c1-3-5-7-9-11-13-15-17-19-21-22-24-26-28-30-32-34-40(44)39(38-49-50(46,47)48-37-36-42)43-41(45)35-33-31-29-27-25-23-20-18-16-14-12-10-8-6-4-2/h12,14,17-20,24,26,32,34,39-40,44H,3-11,13,15-16,21-23,25,27-31,33,35-38,42H2,1-2H3,(H,43,45)(H,46,47)/b14-12-,19-17+,20-18-,26-24+,34-32+. The molecule has 0 fully saturated rings. The number of hydrogen-bond acceptors (Lipinski definition) is 6. The Labute approximate surface area is 306 Å². The van der Waals surface area contributed by atoms with E-state index in [1.54, 1.807) is 6.08 Å². The minimum absolute atomic E-state index is 0.0669. The molecule has 0 radical (unpaired) electrons. The van der Waals surface area contributed by atoms with Crippen LogP contribution in [0, 0.1) is 0 Å². The number of nitrogens with two attached hydrogens (primary N) is 1. The Hall–Kier alpha value is -1.80. The van der Waals surface area contributed by atoms with Gasteiger partial charge in [-0.3, -0.25) is 13.8 Å². The molecule has 0 aromatic rings. The first kappa shape index (κ1) is 48.2. The normalized spacial score (nSPS) is 14.9. The zero-order valence-corrected chi connectivity index (χ0v) is 32.8. The Morgan fingerprint density at radius 1 is 0.660 bits per heavy atom. The van der Waals surface area contributed by atoms with Gasteiger partial charge in [-0.2, -0.15) is 0 Å². The number of allylic oxidation sites excluding steroid dienone is 9. The Balaban J connectivity index is 4.41. The maximum Gasteiger partial charge on any atom is 0.472 e. The predicted octanol–water partition coefficient (Wildman–Crippen LogP) is 10.7. The zero-order valence-electron chi connectivity index (χ0n) is 31.9. The highest BCUT2D eigenvalue weighted by molar-refractivity contribution is 7.47. The zero-order chi connectivity index (χ0) is 36.8. The molecule has 50 heavy (non-hydrogen) atoms. The average Bonchev–Trinajstić information content (AvgIpc) is 3.10. The van der Waals surface area contributed by atoms with Crippen LogP contribution >= 0.6 is 7.82 Å². The van der Waals surface area contributed by atoms with Crippen molar-refractivity contribution >= 4 is 13.7 Å². The minimum atomic E-state index is -4.35. The fourth-order valence-electron chi connectivity index (χ4n) is 5.25. The lowest BCUT2D eigenvalue weighted by atomic mass is 10.1. The number of carbonyl (C=O) groups is 1. The Morgan fingerprint density at radius 3 is 1.70 bits per heavy atom. The van der Waals surface area contributed by atoms with Gasteiger partial charge in [-0.25, -0.2) is 4.57 Å². The van der Waals surface area contributed by atoms with Crippen LogP contribution in [-0.4, -0.2) is 47.8 Å². The lowest BCUT2D eigenvalue weighted by Gasteiger charge is -2.23. The third kappa shape index (κ3) is 34.6. The highest BCUT2D eigenvalue weighted by Crippen LogP contribution is 2.43. The molecule has 0 saturated carbocycles. The molecule has 0 aliphatic rings. The Kier molecular flexibility index (Phi) is 35.6. The maximum atomic E-state index is 12.7. The second-order valence-electron chi connectivity index (χ2n) is 13.1. The lowest BCUT2D eigenvalue weighted by molar-refractivity contribution is -0.123. The fourth-order valence-corrected chi connectivity index (χ4v) is 6.01. The van der Waals surface area contributed by atoms with E-state index >= 15 is 0 Å². The quantitative estimate of drug-likeness (QED) is 0.0288. The van der Waals surface area contributed by atoms with Crippen molar-refractivity contribution in [2.45, 2.75) is 174 Å². The molecule has 0 aliphatic carbocycles. The van der Waals surface area contributed by atoms with Gasteiger partial charge in [-0.1, -0.05) is 139 Å². The molecule has 8 nitrogen and oxygen atoms in total. The molecule has 1 amide bonds. The summed E-state index contributed by atoms with van der Waals surface area (Å²) in [5.41, 5.74) is 5.36. The highest BCUT2D eigenvalue weighted by atomic mass is 31.2. The first-order chi connectivity index (χ1) is 24.4. The largest absolute Gasteiger partial charge is 0.472 e. The number of hydrogen-bond donors (Lipinski definition) is 4. The van der Waals surface area contributed by atoms with Crippen LogP contribution in [0.5, 0.6) is 0 Å². The number of rotatable bonds is 36. The van der Waals surface area contributed by atoms with Crippen LogP contribution in [0.1, 0.15) is 162 Å². The van der Waals surface area contributed by atoms with E-state index in [-0.39, 0.29) is 25.7 Å². The van der Waals surface area contributed by atoms with E-state index in [4.69, 9.17) is 14.8 Å². The van der Waals surface area contributed by atoms with Crippen molar-refractivity contribution < 1.29 is 28.4 Å². The summed E-state index contributed by atoms with van der Waals surface area (Å²) in [6, 6.07) is -0.891. The van der Waals surface area contributed by atoms with E-state index in [1.165, 1.54) is 70.6 Å². The summed E-state index contributed by atoms with van der Waals surface area (Å²) in [4.78, 5) is 22.6. The van der Waals surface area contributed by atoms with Crippen molar-refractivity contribution in [2.75, 3.05) is 19.8 Å². The molecular formula is C41H75N2O6P. The van der Waals surface area contributed by atoms with Gasteiger partial charge in [0, 0.05) is 13.0 Å². The van der Waals surface area contributed by atoms with Gasteiger partial charge < -0.3 is 21.1 Å². The second-order valence-corrected chi connectivity index (χ2v) is 14.6. The van der Waals surface area contributed by atoms with Crippen LogP contribution in [0.2, 0.25) is 0 Å². The fraction of sp³-hybridized carbons (Fsp3) is 0.732. The van der Waals surface area contributed by atoms with Crippen molar-refractivity contribution in [1.29, 1.82) is 0 Å². The molecule has 0 heterocycles. The summed E-state index contributed by atoms with van der Waals surface area (Å²) in [6.07, 6.45) is 45.5. The molecule has 0 aromatic carbocycles. The Morgan fingerprint density at radius 2 is 1.12 bits per heavy atom. The van der Waals surface area contributed by atoms with Gasteiger partial charge in [0.15, 0.2) is 0 Å². The molecule has 0 bridgehead atoms. The molecule has 0 aromatic heterocycles. The van der Waals surface area contributed by atoms with Crippen LogP contribution < -0.4 is 11.1 Å². The molecule has 0 rings (SSSR count). The van der Waals surface area contributed by atoms with Crippen molar-refractivity contribution in [3.8, 4) is 0 Å². The van der Waals surface area contributed by atoms with Crippen molar-refractivity contribution in [3.05, 3.63) is 60.8 Å². The number of aliphatic hydroxyl groups is 1. The maximum absolute atomic E-state index is 12.7. The molecule has 5 N–H and O–H groups in total. The van der Waals surface area contributed by atoms with Gasteiger partial charge >= 0.3 is 7.82 Å². The van der Waals surface area contributed by atoms with Crippen molar-refractivity contribution in [2.24, 2.45) is 5.73 Å². The van der Waals surface area contributed by atoms with E-state index in [0.717, 1.165) is 70.6 Å². The molecule has 3 atom stereocenters. The first-order valence-electron chi connectivity index (χ1n) is 19.9. The molecule has 0 saturated heterocycles. The Bertz CT molecular complexity index is 965. The van der Waals surface area contributed by atoms with Crippen LogP contribution in [-0.2, 0) is 18.4 Å². The molecule has 290 valence electrons. The summed E-state index contributed by atoms with van der Waals surface area (Å²) in [6.45, 7) is 4.03. The van der Waals surface area contributed by atoms with E-state index in [2.05, 4.69) is 67.8 Å². The SMILES string of the molecule is CCCCC/C=C\C/C=C\CCCCCCCC(=O)NC(COP(=O)(O)OCCN)C(O)/C=C/CC/C=C/CC/C=C/CCCCCCCC. The molecule has 0 spiro atoms. The van der Waals surface area contributed by atoms with E-state index in [1.807, 2.05) is 6.08 Å². The average molecular weight is 723 g/mol. The third-order valence-corrected chi connectivity index (χ3v) is 9.28. The van der Waals surface area contributed by atoms with Crippen LogP contribution in [0.25, 0.3) is 0 Å². The van der Waals surface area contributed by atoms with E-state index < -0.39 is 20.0 Å². The summed E-state index contributed by atoms with van der Waals surface area (Å²) in [5, 5.41) is 13.6. The van der Waals surface area contributed by atoms with Gasteiger partial charge in [0.25, 0.3) is 0 Å². The third-order valence-electron chi connectivity index (χ3n) is 8.29. The number of amides is 1. The molecule has 3 unspecified atom stereocenters. The summed E-state index contributed by atoms with van der Waals surface area (Å²) < 4.78 is 22.0. The highest BCUT2D eigenvalue weighted by Gasteiger charge is 2.26. The van der Waals surface area contributed by atoms with Gasteiger partial charge in [0.1, 0.15) is 0 Å². The van der Waals surface area contributed by atoms with Crippen LogP contribution in [0.4, 0.5) is 0 Å². The minimum Gasteiger partial charge on any atom is -0.387 e. The monoisotopic (exact) mass is 723 g/mol. The number of carbonyl (C=O) groups excluding carboxylic acids is 1. The number of nitrogens with one attached hydrogen (secondary N) is 1. The summed E-state index contributed by atoms with van der Waals surface area (Å²) in [5.74, 6) is -0.226.